The van der Waals surface area contributed by atoms with Gasteiger partial charge in [0.25, 0.3) is 0 Å². The molecule has 1 unspecified atom stereocenters. The van der Waals surface area contributed by atoms with Crippen LogP contribution in [-0.2, 0) is 14.8 Å². The van der Waals surface area contributed by atoms with Gasteiger partial charge in [-0.3, -0.25) is 4.79 Å². The average Bonchev–Trinajstić information content (AvgIpc) is 3.23. The fourth-order valence-electron chi connectivity index (χ4n) is 3.25. The Morgan fingerprint density at radius 1 is 1.03 bits per heavy atom. The Morgan fingerprint density at radius 3 is 2.42 bits per heavy atom. The first-order valence-electron chi connectivity index (χ1n) is 10.4. The smallest absolute Gasteiger partial charge is 0.247 e. The van der Waals surface area contributed by atoms with Crippen LogP contribution in [0, 0.1) is 5.92 Å². The van der Waals surface area contributed by atoms with Crippen LogP contribution < -0.4 is 19.5 Å². The van der Waals surface area contributed by atoms with Gasteiger partial charge in [-0.2, -0.15) is 4.72 Å². The first-order chi connectivity index (χ1) is 15.8. The molecule has 1 amide bonds. The van der Waals surface area contributed by atoms with Crippen molar-refractivity contribution in [2.24, 2.45) is 5.92 Å². The molecule has 10 nitrogen and oxygen atoms in total. The largest absolute Gasteiger partial charge is 0.490 e. The second kappa shape index (κ2) is 9.59. The van der Waals surface area contributed by atoms with Gasteiger partial charge in [-0.05, 0) is 42.3 Å². The third-order valence-corrected chi connectivity index (χ3v) is 6.46. The number of nitrogens with one attached hydrogen (secondary N) is 2. The van der Waals surface area contributed by atoms with E-state index in [-0.39, 0.29) is 10.8 Å². The first-order valence-corrected chi connectivity index (χ1v) is 11.9. The summed E-state index contributed by atoms with van der Waals surface area (Å²) in [7, 11) is -4.00. The minimum absolute atomic E-state index is 0.00545. The SMILES string of the molecule is CC(C)C(NS(=O)(=O)c1ccc2c(c1)OCCCO2)C(=O)Nc1ccc(-c2nnco2)cc1. The summed E-state index contributed by atoms with van der Waals surface area (Å²) in [6.07, 6.45) is 1.94. The summed E-state index contributed by atoms with van der Waals surface area (Å²) in [6.45, 7) is 4.47. The van der Waals surface area contributed by atoms with E-state index in [0.29, 0.717) is 48.3 Å². The molecule has 2 heterocycles. The van der Waals surface area contributed by atoms with E-state index in [0.717, 1.165) is 0 Å². The predicted molar refractivity (Wildman–Crippen MR) is 119 cm³/mol. The highest BCUT2D eigenvalue weighted by Gasteiger charge is 2.29. The normalized spacial score (nSPS) is 14.5. The van der Waals surface area contributed by atoms with Gasteiger partial charge in [-0.15, -0.1) is 10.2 Å². The fraction of sp³-hybridized carbons (Fsp3) is 0.318. The van der Waals surface area contributed by atoms with E-state index in [4.69, 9.17) is 13.9 Å². The number of amides is 1. The van der Waals surface area contributed by atoms with Crippen molar-refractivity contribution in [3.8, 4) is 23.0 Å². The molecule has 4 rings (SSSR count). The van der Waals surface area contributed by atoms with Crippen molar-refractivity contribution in [3.63, 3.8) is 0 Å². The van der Waals surface area contributed by atoms with Gasteiger partial charge in [0.2, 0.25) is 28.2 Å². The molecule has 2 N–H and O–H groups in total. The van der Waals surface area contributed by atoms with Crippen LogP contribution >= 0.6 is 0 Å². The topological polar surface area (TPSA) is 133 Å². The summed E-state index contributed by atoms with van der Waals surface area (Å²) in [5.74, 6) is 0.429. The minimum Gasteiger partial charge on any atom is -0.490 e. The summed E-state index contributed by atoms with van der Waals surface area (Å²) in [6, 6.07) is 10.2. The van der Waals surface area contributed by atoms with Crippen LogP contribution in [0.2, 0.25) is 0 Å². The van der Waals surface area contributed by atoms with E-state index in [1.54, 1.807) is 44.2 Å². The van der Waals surface area contributed by atoms with E-state index in [9.17, 15) is 13.2 Å². The number of sulfonamides is 1. The summed E-state index contributed by atoms with van der Waals surface area (Å²) >= 11 is 0. The molecule has 1 aliphatic rings. The zero-order valence-electron chi connectivity index (χ0n) is 18.1. The minimum atomic E-state index is -4.00. The zero-order valence-corrected chi connectivity index (χ0v) is 19.0. The van der Waals surface area contributed by atoms with Crippen molar-refractivity contribution in [2.75, 3.05) is 18.5 Å². The molecule has 0 saturated carbocycles. The molecule has 33 heavy (non-hydrogen) atoms. The molecule has 0 spiro atoms. The summed E-state index contributed by atoms with van der Waals surface area (Å²) in [5, 5.41) is 10.2. The highest BCUT2D eigenvalue weighted by atomic mass is 32.2. The number of hydrogen-bond donors (Lipinski definition) is 2. The summed E-state index contributed by atoms with van der Waals surface area (Å²) < 4.78 is 44.9. The van der Waals surface area contributed by atoms with Crippen LogP contribution in [0.5, 0.6) is 11.5 Å². The number of carbonyl (C=O) groups is 1. The third kappa shape index (κ3) is 5.32. The van der Waals surface area contributed by atoms with Gasteiger partial charge in [-0.25, -0.2) is 8.42 Å². The van der Waals surface area contributed by atoms with Gasteiger partial charge in [0.15, 0.2) is 11.5 Å². The lowest BCUT2D eigenvalue weighted by molar-refractivity contribution is -0.118. The molecule has 0 bridgehead atoms. The average molecular weight is 473 g/mol. The number of rotatable bonds is 7. The number of anilines is 1. The number of ether oxygens (including phenoxy) is 2. The molecular weight excluding hydrogens is 448 g/mol. The number of aromatic nitrogens is 2. The van der Waals surface area contributed by atoms with Crippen molar-refractivity contribution >= 4 is 21.6 Å². The fourth-order valence-corrected chi connectivity index (χ4v) is 4.61. The van der Waals surface area contributed by atoms with Gasteiger partial charge in [0.1, 0.15) is 6.04 Å². The highest BCUT2D eigenvalue weighted by Crippen LogP contribution is 2.32. The Labute approximate surface area is 191 Å². The molecule has 11 heteroatoms. The highest BCUT2D eigenvalue weighted by molar-refractivity contribution is 7.89. The van der Waals surface area contributed by atoms with E-state index in [1.807, 2.05) is 0 Å². The maximum Gasteiger partial charge on any atom is 0.247 e. The standard InChI is InChI=1S/C22H24N4O6S/c1-14(2)20(21(27)24-16-6-4-15(5-7-16)22-25-23-13-32-22)26-33(28,29)17-8-9-18-19(12-17)31-11-3-10-30-18/h4-9,12-14,20,26H,3,10-11H2,1-2H3,(H,24,27). The molecule has 0 aliphatic carbocycles. The Morgan fingerprint density at radius 2 is 1.76 bits per heavy atom. The van der Waals surface area contributed by atoms with Crippen molar-refractivity contribution < 1.29 is 27.1 Å². The molecule has 3 aromatic rings. The van der Waals surface area contributed by atoms with Crippen molar-refractivity contribution in [3.05, 3.63) is 48.9 Å². The predicted octanol–water partition coefficient (Wildman–Crippen LogP) is 2.84. The van der Waals surface area contributed by atoms with Crippen LogP contribution in [0.3, 0.4) is 0 Å². The first kappa shape index (κ1) is 22.7. The number of hydrogen-bond acceptors (Lipinski definition) is 8. The molecule has 0 radical (unpaired) electrons. The van der Waals surface area contributed by atoms with Gasteiger partial charge in [-0.1, -0.05) is 13.8 Å². The summed E-state index contributed by atoms with van der Waals surface area (Å²) in [5.41, 5.74) is 1.20. The Kier molecular flexibility index (Phi) is 6.61. The lowest BCUT2D eigenvalue weighted by Gasteiger charge is -2.22. The van der Waals surface area contributed by atoms with Gasteiger partial charge >= 0.3 is 0 Å². The molecular formula is C22H24N4O6S. The van der Waals surface area contributed by atoms with Crippen molar-refractivity contribution in [1.29, 1.82) is 0 Å². The maximum absolute atomic E-state index is 13.0. The van der Waals surface area contributed by atoms with Gasteiger partial charge < -0.3 is 19.2 Å². The molecule has 2 aromatic carbocycles. The van der Waals surface area contributed by atoms with Crippen LogP contribution in [0.1, 0.15) is 20.3 Å². The van der Waals surface area contributed by atoms with Crippen LogP contribution in [0.4, 0.5) is 5.69 Å². The number of nitrogens with zero attached hydrogens (tertiary/aromatic N) is 2. The van der Waals surface area contributed by atoms with E-state index < -0.39 is 22.0 Å². The Hall–Kier alpha value is -3.44. The van der Waals surface area contributed by atoms with Gasteiger partial charge in [0, 0.05) is 23.7 Å². The van der Waals surface area contributed by atoms with Crippen LogP contribution in [0.15, 0.2) is 58.2 Å². The van der Waals surface area contributed by atoms with Crippen LogP contribution in [-0.4, -0.2) is 43.8 Å². The van der Waals surface area contributed by atoms with E-state index >= 15 is 0 Å². The zero-order chi connectivity index (χ0) is 23.4. The van der Waals surface area contributed by atoms with Gasteiger partial charge in [0.05, 0.1) is 18.1 Å². The monoisotopic (exact) mass is 472 g/mol. The second-order valence-electron chi connectivity index (χ2n) is 7.81. The second-order valence-corrected chi connectivity index (χ2v) is 9.53. The number of fused-ring (bicyclic) bond motifs is 1. The Balaban J connectivity index is 1.48. The molecule has 1 aliphatic heterocycles. The third-order valence-electron chi connectivity index (χ3n) is 5.02. The Bertz CT molecular complexity index is 1210. The number of carbonyl (C=O) groups excluding carboxylic acids is 1. The molecule has 0 saturated heterocycles. The van der Waals surface area contributed by atoms with E-state index in [2.05, 4.69) is 20.2 Å². The molecule has 0 fully saturated rings. The van der Waals surface area contributed by atoms with Crippen molar-refractivity contribution in [2.45, 2.75) is 31.2 Å². The molecule has 1 atom stereocenters. The lowest BCUT2D eigenvalue weighted by atomic mass is 10.0. The lowest BCUT2D eigenvalue weighted by Crippen LogP contribution is -2.47. The molecule has 1 aromatic heterocycles. The van der Waals surface area contributed by atoms with E-state index in [1.165, 1.54) is 18.5 Å². The quantitative estimate of drug-likeness (QED) is 0.536. The van der Waals surface area contributed by atoms with Crippen molar-refractivity contribution in [1.82, 2.24) is 14.9 Å². The van der Waals surface area contributed by atoms with Crippen LogP contribution in [0.25, 0.3) is 11.5 Å². The molecule has 174 valence electrons. The number of benzene rings is 2. The summed E-state index contributed by atoms with van der Waals surface area (Å²) in [4.78, 5) is 12.9. The maximum atomic E-state index is 13.0.